The van der Waals surface area contributed by atoms with E-state index < -0.39 is 17.2 Å². The number of hydrogen-bond donors (Lipinski definition) is 1. The monoisotopic (exact) mass is 434 g/mol. The molecule has 0 radical (unpaired) electrons. The van der Waals surface area contributed by atoms with Crippen LogP contribution in [0.1, 0.15) is 57.3 Å². The highest BCUT2D eigenvalue weighted by atomic mass is 16.3. The maximum Gasteiger partial charge on any atom is 0.295 e. The topological polar surface area (TPSA) is 117 Å². The van der Waals surface area contributed by atoms with Gasteiger partial charge >= 0.3 is 0 Å². The molecule has 0 aliphatic rings. The minimum atomic E-state index is -0.540. The molecule has 0 aliphatic carbocycles. The van der Waals surface area contributed by atoms with Gasteiger partial charge in [0.25, 0.3) is 11.5 Å². The van der Waals surface area contributed by atoms with Gasteiger partial charge in [0.1, 0.15) is 5.82 Å². The highest BCUT2D eigenvalue weighted by Crippen LogP contribution is 2.39. The van der Waals surface area contributed by atoms with Crippen molar-refractivity contribution in [1.82, 2.24) is 24.2 Å². The van der Waals surface area contributed by atoms with E-state index in [0.717, 1.165) is 5.56 Å². The molecule has 2 unspecified atom stereocenters. The van der Waals surface area contributed by atoms with E-state index in [-0.39, 0.29) is 17.5 Å². The molecule has 1 aromatic carbocycles. The average molecular weight is 435 g/mol. The van der Waals surface area contributed by atoms with E-state index in [1.807, 2.05) is 13.1 Å². The lowest BCUT2D eigenvalue weighted by Crippen LogP contribution is -2.27. The Labute approximate surface area is 186 Å². The van der Waals surface area contributed by atoms with E-state index in [0.29, 0.717) is 22.5 Å². The highest BCUT2D eigenvalue weighted by Gasteiger charge is 2.30. The first-order valence-electron chi connectivity index (χ1n) is 10.1. The number of carbonyl (C=O) groups excluding carboxylic acids is 1. The molecule has 1 amide bonds. The summed E-state index contributed by atoms with van der Waals surface area (Å²) in [5, 5.41) is 24.1. The minimum Gasteiger partial charge on any atom is -0.502 e. The van der Waals surface area contributed by atoms with Crippen molar-refractivity contribution in [3.05, 3.63) is 74.7 Å². The van der Waals surface area contributed by atoms with Crippen LogP contribution in [0.5, 0.6) is 5.75 Å². The fourth-order valence-electron chi connectivity index (χ4n) is 3.93. The molecular weight excluding hydrogens is 408 g/mol. The second kappa shape index (κ2) is 8.67. The molecule has 2 aromatic heterocycles. The van der Waals surface area contributed by atoms with Crippen LogP contribution >= 0.6 is 0 Å². The lowest BCUT2D eigenvalue weighted by atomic mass is 9.79. The summed E-state index contributed by atoms with van der Waals surface area (Å²) in [5.74, 6) is -0.923. The summed E-state index contributed by atoms with van der Waals surface area (Å²) in [5.41, 5.74) is 2.01. The predicted molar refractivity (Wildman–Crippen MR) is 119 cm³/mol. The normalized spacial score (nSPS) is 12.8. The second-order valence-corrected chi connectivity index (χ2v) is 8.10. The van der Waals surface area contributed by atoms with Crippen molar-refractivity contribution in [2.75, 3.05) is 14.1 Å². The largest absolute Gasteiger partial charge is 0.502 e. The summed E-state index contributed by atoms with van der Waals surface area (Å²) in [6, 6.07) is 7.21. The third kappa shape index (κ3) is 3.99. The Morgan fingerprint density at radius 2 is 1.97 bits per heavy atom. The number of amides is 1. The van der Waals surface area contributed by atoms with Crippen molar-refractivity contribution in [3.63, 3.8) is 0 Å². The molecule has 9 nitrogen and oxygen atoms in total. The molecular formula is C23H26N6O3. The van der Waals surface area contributed by atoms with Crippen molar-refractivity contribution >= 4 is 5.91 Å². The van der Waals surface area contributed by atoms with Crippen molar-refractivity contribution in [3.8, 4) is 11.8 Å². The number of aromatic nitrogens is 4. The Morgan fingerprint density at radius 1 is 1.28 bits per heavy atom. The summed E-state index contributed by atoms with van der Waals surface area (Å²) in [4.78, 5) is 31.1. The van der Waals surface area contributed by atoms with Crippen LogP contribution < -0.4 is 5.56 Å². The second-order valence-electron chi connectivity index (χ2n) is 8.10. The van der Waals surface area contributed by atoms with Gasteiger partial charge in [-0.15, -0.1) is 0 Å². The van der Waals surface area contributed by atoms with Gasteiger partial charge in [-0.25, -0.2) is 4.98 Å². The Kier molecular flexibility index (Phi) is 6.16. The van der Waals surface area contributed by atoms with E-state index in [9.17, 15) is 20.0 Å². The molecule has 9 heteroatoms. The number of aromatic hydroxyl groups is 1. The lowest BCUT2D eigenvalue weighted by molar-refractivity contribution is 0.0827. The maximum atomic E-state index is 12.6. The standard InChI is InChI=1S/C23H26N6O3/c1-13(21-26-14(2)20(30)23(32)29(21)6)19(17-11-25-28(5)12-17)18-9-15(22(31)27(3)4)7-8-16(18)10-24/h7-9,11-13,19,30H,1-6H3. The first-order chi connectivity index (χ1) is 15.1. The molecule has 0 bridgehead atoms. The van der Waals surface area contributed by atoms with Gasteiger partial charge in [-0.05, 0) is 36.2 Å². The van der Waals surface area contributed by atoms with Crippen LogP contribution in [0.15, 0.2) is 35.4 Å². The van der Waals surface area contributed by atoms with Crippen LogP contribution in [-0.2, 0) is 14.1 Å². The van der Waals surface area contributed by atoms with Crippen molar-refractivity contribution in [1.29, 1.82) is 5.26 Å². The zero-order chi connectivity index (χ0) is 23.7. The molecule has 0 fully saturated rings. The van der Waals surface area contributed by atoms with Gasteiger partial charge in [0, 0.05) is 51.8 Å². The third-order valence-electron chi connectivity index (χ3n) is 5.63. The molecule has 32 heavy (non-hydrogen) atoms. The number of nitrogens with zero attached hydrogens (tertiary/aromatic N) is 6. The summed E-state index contributed by atoms with van der Waals surface area (Å²) in [7, 11) is 6.68. The Morgan fingerprint density at radius 3 is 2.53 bits per heavy atom. The van der Waals surface area contributed by atoms with E-state index >= 15 is 0 Å². The van der Waals surface area contributed by atoms with Gasteiger partial charge in [-0.1, -0.05) is 6.92 Å². The van der Waals surface area contributed by atoms with Crippen molar-refractivity contribution in [2.24, 2.45) is 14.1 Å². The number of benzene rings is 1. The number of rotatable bonds is 5. The Balaban J connectivity index is 2.28. The molecule has 0 aliphatic heterocycles. The van der Waals surface area contributed by atoms with Crippen molar-refractivity contribution < 1.29 is 9.90 Å². The van der Waals surface area contributed by atoms with Gasteiger partial charge in [-0.2, -0.15) is 10.4 Å². The Bertz CT molecular complexity index is 1280. The van der Waals surface area contributed by atoms with E-state index in [1.54, 1.807) is 64.2 Å². The molecule has 0 saturated carbocycles. The third-order valence-corrected chi connectivity index (χ3v) is 5.63. The molecule has 3 rings (SSSR count). The molecule has 166 valence electrons. The first-order valence-corrected chi connectivity index (χ1v) is 10.1. The smallest absolute Gasteiger partial charge is 0.295 e. The molecule has 0 spiro atoms. The van der Waals surface area contributed by atoms with Crippen LogP contribution in [0.4, 0.5) is 0 Å². The fourth-order valence-corrected chi connectivity index (χ4v) is 3.93. The Hall–Kier alpha value is -3.93. The highest BCUT2D eigenvalue weighted by molar-refractivity contribution is 5.94. The number of carbonyl (C=O) groups is 1. The molecule has 0 saturated heterocycles. The van der Waals surface area contributed by atoms with Gasteiger partial charge in [0.2, 0.25) is 5.75 Å². The van der Waals surface area contributed by atoms with E-state index in [2.05, 4.69) is 16.2 Å². The van der Waals surface area contributed by atoms with Crippen LogP contribution in [0.3, 0.4) is 0 Å². The van der Waals surface area contributed by atoms with Crippen LogP contribution in [-0.4, -0.2) is 49.3 Å². The zero-order valence-electron chi connectivity index (χ0n) is 19.0. The number of nitriles is 1. The molecule has 3 aromatic rings. The minimum absolute atomic E-state index is 0.181. The summed E-state index contributed by atoms with van der Waals surface area (Å²) >= 11 is 0. The summed E-state index contributed by atoms with van der Waals surface area (Å²) in [6.07, 6.45) is 3.54. The predicted octanol–water partition coefficient (Wildman–Crippen LogP) is 2.04. The fraction of sp³-hybridized carbons (Fsp3) is 0.348. The molecule has 2 heterocycles. The first kappa shape index (κ1) is 22.7. The van der Waals surface area contributed by atoms with Gasteiger partial charge in [-0.3, -0.25) is 18.8 Å². The molecule has 1 N–H and O–H groups in total. The van der Waals surface area contributed by atoms with E-state index in [4.69, 9.17) is 0 Å². The summed E-state index contributed by atoms with van der Waals surface area (Å²) in [6.45, 7) is 3.47. The zero-order valence-corrected chi connectivity index (χ0v) is 19.0. The van der Waals surface area contributed by atoms with Crippen LogP contribution in [0.25, 0.3) is 0 Å². The van der Waals surface area contributed by atoms with E-state index in [1.165, 1.54) is 9.47 Å². The maximum absolute atomic E-state index is 12.6. The van der Waals surface area contributed by atoms with Crippen LogP contribution in [0, 0.1) is 18.3 Å². The van der Waals surface area contributed by atoms with Crippen molar-refractivity contribution in [2.45, 2.75) is 25.7 Å². The van der Waals surface area contributed by atoms with Gasteiger partial charge in [0.15, 0.2) is 0 Å². The lowest BCUT2D eigenvalue weighted by Gasteiger charge is -2.26. The molecule has 2 atom stereocenters. The van der Waals surface area contributed by atoms with Crippen LogP contribution in [0.2, 0.25) is 0 Å². The van der Waals surface area contributed by atoms with Gasteiger partial charge in [0.05, 0.1) is 23.5 Å². The average Bonchev–Trinajstić information content (AvgIpc) is 3.19. The SMILES string of the molecule is Cc1nc(C(C)C(c2cnn(C)c2)c2cc(C(=O)N(C)C)ccc2C#N)n(C)c(=O)c1O. The summed E-state index contributed by atoms with van der Waals surface area (Å²) < 4.78 is 2.97. The van der Waals surface area contributed by atoms with Gasteiger partial charge < -0.3 is 10.0 Å². The number of hydrogen-bond acceptors (Lipinski definition) is 6. The number of aryl methyl sites for hydroxylation is 2. The quantitative estimate of drug-likeness (QED) is 0.657.